The fourth-order valence-electron chi connectivity index (χ4n) is 2.03. The zero-order valence-corrected chi connectivity index (χ0v) is 11.8. The number of aliphatic hydroxyl groups is 1. The Labute approximate surface area is 117 Å². The summed E-state index contributed by atoms with van der Waals surface area (Å²) in [6.07, 6.45) is 0. The van der Waals surface area contributed by atoms with Crippen molar-refractivity contribution >= 4 is 11.6 Å². The molecule has 0 aromatic heterocycles. The molecular formula is C13H19N3O4. The van der Waals surface area contributed by atoms with E-state index in [1.54, 1.807) is 25.8 Å². The third-order valence-corrected chi connectivity index (χ3v) is 2.66. The van der Waals surface area contributed by atoms with Crippen LogP contribution in [0.5, 0.6) is 0 Å². The molecule has 0 aliphatic carbocycles. The molecule has 1 rings (SSSR count). The molecule has 1 aromatic carbocycles. The van der Waals surface area contributed by atoms with E-state index in [0.29, 0.717) is 18.7 Å². The second-order valence-electron chi connectivity index (χ2n) is 5.45. The van der Waals surface area contributed by atoms with Crippen LogP contribution in [0.1, 0.15) is 29.8 Å². The van der Waals surface area contributed by atoms with Crippen LogP contribution in [0.4, 0.5) is 5.69 Å². The zero-order chi connectivity index (χ0) is 15.5. The van der Waals surface area contributed by atoms with Crippen molar-refractivity contribution < 1.29 is 14.8 Å². The maximum absolute atomic E-state index is 11.1. The Bertz CT molecular complexity index is 523. The molecule has 1 amide bonds. The van der Waals surface area contributed by atoms with Crippen LogP contribution in [0.3, 0.4) is 0 Å². The predicted molar refractivity (Wildman–Crippen MR) is 74.2 cm³/mol. The molecule has 0 saturated heterocycles. The number of carbonyl (C=O) groups is 1. The number of likely N-dealkylation sites (N-methyl/N-ethyl adjacent to an activating group) is 1. The van der Waals surface area contributed by atoms with Crippen molar-refractivity contribution in [2.24, 2.45) is 5.73 Å². The molecule has 0 bridgehead atoms. The summed E-state index contributed by atoms with van der Waals surface area (Å²) < 4.78 is 0. The van der Waals surface area contributed by atoms with Crippen molar-refractivity contribution in [3.05, 3.63) is 39.4 Å². The molecule has 0 fully saturated rings. The molecule has 0 atom stereocenters. The number of nitrogens with zero attached hydrogens (tertiary/aromatic N) is 2. The molecule has 7 heteroatoms. The summed E-state index contributed by atoms with van der Waals surface area (Å²) in [5.41, 5.74) is 4.64. The van der Waals surface area contributed by atoms with E-state index in [1.165, 1.54) is 18.2 Å². The van der Waals surface area contributed by atoms with Gasteiger partial charge in [0.1, 0.15) is 0 Å². The van der Waals surface area contributed by atoms with Crippen molar-refractivity contribution in [3.63, 3.8) is 0 Å². The number of nitro benzene ring substituents is 1. The smallest absolute Gasteiger partial charge is 0.274 e. The van der Waals surface area contributed by atoms with Gasteiger partial charge < -0.3 is 10.8 Å². The number of rotatable bonds is 6. The zero-order valence-electron chi connectivity index (χ0n) is 11.8. The van der Waals surface area contributed by atoms with Gasteiger partial charge in [0.25, 0.3) is 5.69 Å². The lowest BCUT2D eigenvalue weighted by molar-refractivity contribution is -0.385. The van der Waals surface area contributed by atoms with Gasteiger partial charge in [-0.05, 0) is 27.0 Å². The van der Waals surface area contributed by atoms with Gasteiger partial charge in [-0.25, -0.2) is 0 Å². The number of amides is 1. The Morgan fingerprint density at radius 3 is 2.55 bits per heavy atom. The van der Waals surface area contributed by atoms with E-state index in [0.717, 1.165) is 0 Å². The average molecular weight is 281 g/mol. The minimum atomic E-state index is -0.892. The molecule has 1 aromatic rings. The van der Waals surface area contributed by atoms with Crippen molar-refractivity contribution in [2.45, 2.75) is 26.0 Å². The average Bonchev–Trinajstić information content (AvgIpc) is 2.25. The van der Waals surface area contributed by atoms with E-state index < -0.39 is 16.4 Å². The lowest BCUT2D eigenvalue weighted by Gasteiger charge is -2.25. The van der Waals surface area contributed by atoms with E-state index in [-0.39, 0.29) is 11.3 Å². The highest BCUT2D eigenvalue weighted by atomic mass is 16.6. The molecule has 0 unspecified atom stereocenters. The lowest BCUT2D eigenvalue weighted by Crippen LogP contribution is -2.35. The van der Waals surface area contributed by atoms with Gasteiger partial charge in [0.15, 0.2) is 0 Å². The fraction of sp³-hybridized carbons (Fsp3) is 0.462. The summed E-state index contributed by atoms with van der Waals surface area (Å²) in [6.45, 7) is 3.98. The van der Waals surface area contributed by atoms with Crippen LogP contribution in [0, 0.1) is 10.1 Å². The Morgan fingerprint density at radius 1 is 1.50 bits per heavy atom. The van der Waals surface area contributed by atoms with Gasteiger partial charge in [-0.1, -0.05) is 6.07 Å². The highest BCUT2D eigenvalue weighted by Gasteiger charge is 2.20. The summed E-state index contributed by atoms with van der Waals surface area (Å²) in [6, 6.07) is 4.15. The normalized spacial score (nSPS) is 11.7. The second-order valence-corrected chi connectivity index (χ2v) is 5.45. The van der Waals surface area contributed by atoms with Gasteiger partial charge in [-0.15, -0.1) is 0 Å². The number of nitrogens with two attached hydrogens (primary N) is 1. The minimum Gasteiger partial charge on any atom is -0.389 e. The maximum atomic E-state index is 11.1. The van der Waals surface area contributed by atoms with Crippen LogP contribution >= 0.6 is 0 Å². The molecule has 0 saturated carbocycles. The molecule has 0 radical (unpaired) electrons. The summed E-state index contributed by atoms with van der Waals surface area (Å²) in [4.78, 5) is 23.3. The molecule has 3 N–H and O–H groups in total. The van der Waals surface area contributed by atoms with E-state index in [9.17, 15) is 20.0 Å². The number of hydrogen-bond donors (Lipinski definition) is 2. The fourth-order valence-corrected chi connectivity index (χ4v) is 2.03. The van der Waals surface area contributed by atoms with Gasteiger partial charge in [-0.2, -0.15) is 0 Å². The van der Waals surface area contributed by atoms with Crippen molar-refractivity contribution in [1.29, 1.82) is 0 Å². The second kappa shape index (κ2) is 5.98. The number of carbonyl (C=O) groups excluding carboxylic acids is 1. The summed E-state index contributed by atoms with van der Waals surface area (Å²) in [5, 5.41) is 20.8. The highest BCUT2D eigenvalue weighted by molar-refractivity contribution is 5.93. The summed E-state index contributed by atoms with van der Waals surface area (Å²) >= 11 is 0. The summed E-state index contributed by atoms with van der Waals surface area (Å²) in [7, 11) is 1.75. The van der Waals surface area contributed by atoms with Gasteiger partial charge in [0, 0.05) is 30.3 Å². The molecule has 0 heterocycles. The molecule has 20 heavy (non-hydrogen) atoms. The Kier molecular flexibility index (Phi) is 4.80. The quantitative estimate of drug-likeness (QED) is 0.594. The van der Waals surface area contributed by atoms with Gasteiger partial charge in [0.05, 0.1) is 10.5 Å². The van der Waals surface area contributed by atoms with Crippen LogP contribution in [-0.2, 0) is 6.54 Å². The molecule has 0 aliphatic rings. The monoisotopic (exact) mass is 281 g/mol. The predicted octanol–water partition coefficient (Wildman–Crippen LogP) is 0.896. The standard InChI is InChI=1S/C13H19N3O4/c1-13(2,18)8-15(3)7-10-5-4-9(12(14)17)6-11(10)16(19)20/h4-6,18H,7-8H2,1-3H3,(H2,14,17). The Balaban J connectivity index is 3.00. The van der Waals surface area contributed by atoms with Gasteiger partial charge >= 0.3 is 0 Å². The molecular weight excluding hydrogens is 262 g/mol. The van der Waals surface area contributed by atoms with Gasteiger partial charge in [-0.3, -0.25) is 19.8 Å². The first-order chi connectivity index (χ1) is 9.10. The molecule has 0 aliphatic heterocycles. The molecule has 0 spiro atoms. The Hall–Kier alpha value is -1.99. The van der Waals surface area contributed by atoms with E-state index >= 15 is 0 Å². The van der Waals surface area contributed by atoms with Crippen LogP contribution < -0.4 is 5.73 Å². The lowest BCUT2D eigenvalue weighted by atomic mass is 10.1. The minimum absolute atomic E-state index is 0.102. The van der Waals surface area contributed by atoms with Crippen molar-refractivity contribution in [3.8, 4) is 0 Å². The van der Waals surface area contributed by atoms with Gasteiger partial charge in [0.2, 0.25) is 5.91 Å². The number of primary amides is 1. The van der Waals surface area contributed by atoms with E-state index in [2.05, 4.69) is 0 Å². The molecule has 110 valence electrons. The van der Waals surface area contributed by atoms with Crippen LogP contribution in [-0.4, -0.2) is 40.0 Å². The van der Waals surface area contributed by atoms with E-state index in [1.807, 2.05) is 0 Å². The van der Waals surface area contributed by atoms with Crippen LogP contribution in [0.15, 0.2) is 18.2 Å². The van der Waals surface area contributed by atoms with Crippen molar-refractivity contribution in [2.75, 3.05) is 13.6 Å². The number of hydrogen-bond acceptors (Lipinski definition) is 5. The SMILES string of the molecule is CN(Cc1ccc(C(N)=O)cc1[N+](=O)[O-])CC(C)(C)O. The highest BCUT2D eigenvalue weighted by Crippen LogP contribution is 2.22. The first kappa shape index (κ1) is 16.1. The maximum Gasteiger partial charge on any atom is 0.274 e. The first-order valence-corrected chi connectivity index (χ1v) is 6.08. The third-order valence-electron chi connectivity index (χ3n) is 2.66. The van der Waals surface area contributed by atoms with Crippen LogP contribution in [0.25, 0.3) is 0 Å². The first-order valence-electron chi connectivity index (χ1n) is 6.08. The molecule has 7 nitrogen and oxygen atoms in total. The number of nitro groups is 1. The number of benzene rings is 1. The van der Waals surface area contributed by atoms with Crippen LogP contribution in [0.2, 0.25) is 0 Å². The van der Waals surface area contributed by atoms with Crippen molar-refractivity contribution in [1.82, 2.24) is 4.90 Å². The Morgan fingerprint density at radius 2 is 2.10 bits per heavy atom. The third kappa shape index (κ3) is 4.60. The summed E-state index contributed by atoms with van der Waals surface area (Å²) in [5.74, 6) is -0.704. The largest absolute Gasteiger partial charge is 0.389 e. The van der Waals surface area contributed by atoms with E-state index in [4.69, 9.17) is 5.73 Å². The topological polar surface area (TPSA) is 110 Å².